The van der Waals surface area contributed by atoms with Gasteiger partial charge in [-0.3, -0.25) is 4.79 Å². The molecule has 3 aliphatic rings. The lowest BCUT2D eigenvalue weighted by atomic mass is 9.55. The first kappa shape index (κ1) is 18.9. The average Bonchev–Trinajstić information content (AvgIpc) is 2.97. The molecule has 4 unspecified atom stereocenters. The average molecular weight is 393 g/mol. The summed E-state index contributed by atoms with van der Waals surface area (Å²) in [6.45, 7) is 3.99. The predicted molar refractivity (Wildman–Crippen MR) is 104 cm³/mol. The van der Waals surface area contributed by atoms with Crippen molar-refractivity contribution in [3.63, 3.8) is 0 Å². The third-order valence-corrected chi connectivity index (χ3v) is 7.70. The third kappa shape index (κ3) is 3.00. The lowest BCUT2D eigenvalue weighted by molar-refractivity contribution is -0.156. The van der Waals surface area contributed by atoms with E-state index >= 15 is 0 Å². The van der Waals surface area contributed by atoms with Crippen molar-refractivity contribution in [1.82, 2.24) is 0 Å². The van der Waals surface area contributed by atoms with Gasteiger partial charge in [0.2, 0.25) is 0 Å². The molecule has 6 atom stereocenters. The van der Waals surface area contributed by atoms with Gasteiger partial charge in [0.05, 0.1) is 7.11 Å². The molecular weight excluding hydrogens is 364 g/mol. The predicted octanol–water partition coefficient (Wildman–Crippen LogP) is 4.80. The minimum atomic E-state index is -0.592. The van der Waals surface area contributed by atoms with Gasteiger partial charge in [0.25, 0.3) is 0 Å². The van der Waals surface area contributed by atoms with Crippen molar-refractivity contribution in [1.29, 1.82) is 0 Å². The maximum absolute atomic E-state index is 12.1. The molecule has 0 saturated heterocycles. The van der Waals surface area contributed by atoms with Crippen molar-refractivity contribution >= 4 is 17.6 Å². The molecule has 0 bridgehead atoms. The number of carbonyl (C=O) groups excluding carboxylic acids is 1. The fourth-order valence-electron chi connectivity index (χ4n) is 6.13. The first-order chi connectivity index (χ1) is 12.8. The number of methoxy groups -OCH3 is 1. The SMILES string of the molecule is COc1cc2c(cc1O)CCC1C2CC[C@@]2(C)C1CC[C@@H]2OC(=O)C(C)Cl. The Morgan fingerprint density at radius 1 is 1.30 bits per heavy atom. The summed E-state index contributed by atoms with van der Waals surface area (Å²) in [5.41, 5.74) is 2.65. The maximum Gasteiger partial charge on any atom is 0.324 e. The summed E-state index contributed by atoms with van der Waals surface area (Å²) in [6, 6.07) is 3.94. The van der Waals surface area contributed by atoms with E-state index in [0.717, 1.165) is 38.5 Å². The quantitative estimate of drug-likeness (QED) is 0.593. The van der Waals surface area contributed by atoms with Crippen LogP contribution < -0.4 is 4.74 Å². The number of phenolic OH excluding ortho intramolecular Hbond substituents is 1. The molecule has 5 heteroatoms. The largest absolute Gasteiger partial charge is 0.504 e. The minimum absolute atomic E-state index is 0.0205. The molecule has 1 N–H and O–H groups in total. The van der Waals surface area contributed by atoms with Crippen LogP contribution >= 0.6 is 11.6 Å². The molecule has 0 heterocycles. The monoisotopic (exact) mass is 392 g/mol. The van der Waals surface area contributed by atoms with Gasteiger partial charge in [-0.05, 0) is 86.5 Å². The topological polar surface area (TPSA) is 55.8 Å². The molecule has 0 amide bonds. The van der Waals surface area contributed by atoms with E-state index in [9.17, 15) is 9.90 Å². The van der Waals surface area contributed by atoms with Gasteiger partial charge in [-0.15, -0.1) is 11.6 Å². The third-order valence-electron chi connectivity index (χ3n) is 7.52. The number of hydrogen-bond donors (Lipinski definition) is 1. The zero-order chi connectivity index (χ0) is 19.3. The zero-order valence-corrected chi connectivity index (χ0v) is 17.1. The molecule has 27 heavy (non-hydrogen) atoms. The highest BCUT2D eigenvalue weighted by atomic mass is 35.5. The Labute approximate surface area is 166 Å². The van der Waals surface area contributed by atoms with Crippen LogP contribution in [0.25, 0.3) is 0 Å². The summed E-state index contributed by atoms with van der Waals surface area (Å²) in [7, 11) is 1.60. The number of alkyl halides is 1. The van der Waals surface area contributed by atoms with Crippen LogP contribution in [0, 0.1) is 17.3 Å². The van der Waals surface area contributed by atoms with Crippen LogP contribution in [0.1, 0.15) is 63.0 Å². The molecule has 0 aliphatic heterocycles. The zero-order valence-electron chi connectivity index (χ0n) is 16.3. The number of rotatable bonds is 3. The Morgan fingerprint density at radius 3 is 2.78 bits per heavy atom. The molecule has 148 valence electrons. The molecule has 1 aromatic carbocycles. The van der Waals surface area contributed by atoms with Crippen LogP contribution in [0.5, 0.6) is 11.5 Å². The minimum Gasteiger partial charge on any atom is -0.504 e. The summed E-state index contributed by atoms with van der Waals surface area (Å²) in [5.74, 6) is 2.17. The standard InChI is InChI=1S/C22H29ClO4/c1-12(23)21(25)27-20-7-6-17-15-5-4-13-10-18(24)19(26-3)11-16(13)14(15)8-9-22(17,20)2/h10-12,14-15,17,20,24H,4-9H2,1-3H3/t12?,14?,15?,17?,20-,22-/m0/s1. The highest BCUT2D eigenvalue weighted by molar-refractivity contribution is 6.29. The highest BCUT2D eigenvalue weighted by Gasteiger charge is 2.56. The van der Waals surface area contributed by atoms with Crippen molar-refractivity contribution in [2.45, 2.75) is 69.8 Å². The fourth-order valence-corrected chi connectivity index (χ4v) is 6.18. The smallest absolute Gasteiger partial charge is 0.324 e. The van der Waals surface area contributed by atoms with Crippen molar-refractivity contribution < 1.29 is 19.4 Å². The van der Waals surface area contributed by atoms with Crippen LogP contribution in [0.2, 0.25) is 0 Å². The van der Waals surface area contributed by atoms with Gasteiger partial charge < -0.3 is 14.6 Å². The summed E-state index contributed by atoms with van der Waals surface area (Å²) in [4.78, 5) is 12.1. The molecule has 0 spiro atoms. The molecular formula is C22H29ClO4. The van der Waals surface area contributed by atoms with E-state index in [1.165, 1.54) is 11.1 Å². The van der Waals surface area contributed by atoms with Crippen molar-refractivity contribution in [3.8, 4) is 11.5 Å². The van der Waals surface area contributed by atoms with Gasteiger partial charge in [-0.25, -0.2) is 0 Å². The number of esters is 1. The van der Waals surface area contributed by atoms with E-state index < -0.39 is 5.38 Å². The number of halogens is 1. The molecule has 2 fully saturated rings. The van der Waals surface area contributed by atoms with Gasteiger partial charge in [-0.2, -0.15) is 0 Å². The van der Waals surface area contributed by atoms with Crippen LogP contribution in [-0.4, -0.2) is 29.7 Å². The second kappa shape index (κ2) is 6.88. The van der Waals surface area contributed by atoms with Crippen LogP contribution in [0.4, 0.5) is 0 Å². The maximum atomic E-state index is 12.1. The molecule has 3 aliphatic carbocycles. The molecule has 4 nitrogen and oxygen atoms in total. The van der Waals surface area contributed by atoms with Crippen LogP contribution in [0.3, 0.4) is 0 Å². The summed E-state index contributed by atoms with van der Waals surface area (Å²) < 4.78 is 11.2. The Balaban J connectivity index is 1.60. The molecule has 1 aromatic rings. The lowest BCUT2D eigenvalue weighted by Gasteiger charge is -2.50. The van der Waals surface area contributed by atoms with Crippen LogP contribution in [-0.2, 0) is 16.0 Å². The van der Waals surface area contributed by atoms with E-state index in [4.69, 9.17) is 21.1 Å². The number of phenols is 1. The van der Waals surface area contributed by atoms with Crippen molar-refractivity contribution in [3.05, 3.63) is 23.3 Å². The van der Waals surface area contributed by atoms with Crippen LogP contribution in [0.15, 0.2) is 12.1 Å². The first-order valence-corrected chi connectivity index (χ1v) is 10.5. The Bertz CT molecular complexity index is 746. The Hall–Kier alpha value is -1.42. The van der Waals surface area contributed by atoms with Crippen molar-refractivity contribution in [2.75, 3.05) is 7.11 Å². The lowest BCUT2D eigenvalue weighted by Crippen LogP contribution is -2.45. The second-order valence-electron chi connectivity index (χ2n) is 8.80. The normalized spacial score (nSPS) is 35.6. The molecule has 2 saturated carbocycles. The van der Waals surface area contributed by atoms with Gasteiger partial charge in [0.1, 0.15) is 11.5 Å². The Kier molecular flexibility index (Phi) is 4.82. The number of aromatic hydroxyl groups is 1. The highest BCUT2D eigenvalue weighted by Crippen LogP contribution is 2.62. The molecule has 4 rings (SSSR count). The number of fused-ring (bicyclic) bond motifs is 5. The number of benzene rings is 1. The van der Waals surface area contributed by atoms with E-state index in [1.54, 1.807) is 14.0 Å². The van der Waals surface area contributed by atoms with E-state index in [-0.39, 0.29) is 23.2 Å². The number of aryl methyl sites for hydroxylation is 1. The first-order valence-electron chi connectivity index (χ1n) is 10.1. The number of carbonyl (C=O) groups is 1. The molecule has 0 aromatic heterocycles. The summed E-state index contributed by atoms with van der Waals surface area (Å²) >= 11 is 5.93. The number of ether oxygens (including phenoxy) is 2. The van der Waals surface area contributed by atoms with E-state index in [0.29, 0.717) is 23.5 Å². The van der Waals surface area contributed by atoms with Gasteiger partial charge in [-0.1, -0.05) is 6.92 Å². The van der Waals surface area contributed by atoms with E-state index in [2.05, 4.69) is 6.92 Å². The summed E-state index contributed by atoms with van der Waals surface area (Å²) in [5, 5.41) is 9.54. The summed E-state index contributed by atoms with van der Waals surface area (Å²) in [6.07, 6.45) is 6.29. The van der Waals surface area contributed by atoms with Gasteiger partial charge in [0.15, 0.2) is 11.5 Å². The van der Waals surface area contributed by atoms with Crippen molar-refractivity contribution in [2.24, 2.45) is 17.3 Å². The van der Waals surface area contributed by atoms with Gasteiger partial charge >= 0.3 is 5.97 Å². The van der Waals surface area contributed by atoms with E-state index in [1.807, 2.05) is 12.1 Å². The van der Waals surface area contributed by atoms with Gasteiger partial charge in [0, 0.05) is 5.41 Å². The fraction of sp³-hybridized carbons (Fsp3) is 0.682. The molecule has 0 radical (unpaired) electrons. The number of hydrogen-bond acceptors (Lipinski definition) is 4. The second-order valence-corrected chi connectivity index (χ2v) is 9.46. The Morgan fingerprint density at radius 2 is 2.07 bits per heavy atom.